The molecule has 0 saturated carbocycles. The quantitative estimate of drug-likeness (QED) is 0.872. The Hall–Kier alpha value is -1.81. The monoisotopic (exact) mass is 231 g/mol. The average molecular weight is 231 g/mol. The van der Waals surface area contributed by atoms with Crippen molar-refractivity contribution in [3.05, 3.63) is 47.2 Å². The van der Waals surface area contributed by atoms with Gasteiger partial charge < -0.3 is 10.5 Å². The fourth-order valence-corrected chi connectivity index (χ4v) is 1.65. The highest BCUT2D eigenvalue weighted by molar-refractivity contribution is 5.22. The largest absolute Gasteiger partial charge is 0.473 e. The summed E-state index contributed by atoms with van der Waals surface area (Å²) in [7, 11) is 1.87. The molecule has 4 nitrogen and oxygen atoms in total. The Bertz CT molecular complexity index is 488. The molecule has 1 aromatic carbocycles. The SMILES string of the molecule is Cc1cc(OCc2ccc(CN)cc2)n(C)n1. The molecule has 0 spiro atoms. The Morgan fingerprint density at radius 1 is 1.24 bits per heavy atom. The van der Waals surface area contributed by atoms with E-state index < -0.39 is 0 Å². The predicted molar refractivity (Wildman–Crippen MR) is 66.6 cm³/mol. The second kappa shape index (κ2) is 5.01. The van der Waals surface area contributed by atoms with Gasteiger partial charge in [0.05, 0.1) is 5.69 Å². The van der Waals surface area contributed by atoms with Gasteiger partial charge in [-0.15, -0.1) is 0 Å². The van der Waals surface area contributed by atoms with E-state index in [0.29, 0.717) is 13.2 Å². The molecule has 1 aromatic heterocycles. The predicted octanol–water partition coefficient (Wildman–Crippen LogP) is 1.77. The summed E-state index contributed by atoms with van der Waals surface area (Å²) in [5.74, 6) is 0.783. The minimum absolute atomic E-state index is 0.545. The van der Waals surface area contributed by atoms with Crippen LogP contribution in [0.1, 0.15) is 16.8 Å². The van der Waals surface area contributed by atoms with Crippen LogP contribution in [0.3, 0.4) is 0 Å². The number of nitrogens with zero attached hydrogens (tertiary/aromatic N) is 2. The van der Waals surface area contributed by atoms with Crippen LogP contribution < -0.4 is 10.5 Å². The summed E-state index contributed by atoms with van der Waals surface area (Å²) in [4.78, 5) is 0. The van der Waals surface area contributed by atoms with Crippen LogP contribution in [0, 0.1) is 6.92 Å². The highest BCUT2D eigenvalue weighted by atomic mass is 16.5. The lowest BCUT2D eigenvalue weighted by atomic mass is 10.1. The molecule has 2 aromatic rings. The van der Waals surface area contributed by atoms with Gasteiger partial charge in [-0.3, -0.25) is 0 Å². The first kappa shape index (κ1) is 11.7. The number of hydrogen-bond acceptors (Lipinski definition) is 3. The second-order valence-corrected chi connectivity index (χ2v) is 4.06. The molecule has 0 atom stereocenters. The first-order valence-corrected chi connectivity index (χ1v) is 5.60. The molecule has 0 unspecified atom stereocenters. The number of ether oxygens (including phenoxy) is 1. The lowest BCUT2D eigenvalue weighted by Crippen LogP contribution is -2.01. The van der Waals surface area contributed by atoms with E-state index in [9.17, 15) is 0 Å². The van der Waals surface area contributed by atoms with Crippen LogP contribution in [0.5, 0.6) is 5.88 Å². The molecule has 90 valence electrons. The van der Waals surface area contributed by atoms with Crippen molar-refractivity contribution in [2.24, 2.45) is 12.8 Å². The number of aryl methyl sites for hydroxylation is 2. The minimum atomic E-state index is 0.545. The van der Waals surface area contributed by atoms with Gasteiger partial charge >= 0.3 is 0 Å². The molecule has 0 aliphatic rings. The normalized spacial score (nSPS) is 10.5. The van der Waals surface area contributed by atoms with E-state index in [0.717, 1.165) is 22.7 Å². The zero-order valence-electron chi connectivity index (χ0n) is 10.2. The Morgan fingerprint density at radius 2 is 1.88 bits per heavy atom. The van der Waals surface area contributed by atoms with E-state index in [-0.39, 0.29) is 0 Å². The van der Waals surface area contributed by atoms with Crippen LogP contribution in [-0.2, 0) is 20.2 Å². The summed E-state index contributed by atoms with van der Waals surface area (Å²) in [6.07, 6.45) is 0. The third-order valence-corrected chi connectivity index (χ3v) is 2.60. The summed E-state index contributed by atoms with van der Waals surface area (Å²) < 4.78 is 7.43. The third kappa shape index (κ3) is 2.85. The summed E-state index contributed by atoms with van der Waals surface area (Å²) in [6, 6.07) is 10.0. The van der Waals surface area contributed by atoms with Gasteiger partial charge in [0.15, 0.2) is 0 Å². The van der Waals surface area contributed by atoms with Crippen molar-refractivity contribution in [3.8, 4) is 5.88 Å². The van der Waals surface area contributed by atoms with Crippen molar-refractivity contribution in [3.63, 3.8) is 0 Å². The highest BCUT2D eigenvalue weighted by Gasteiger charge is 2.03. The Labute approximate surface area is 101 Å². The number of hydrogen-bond donors (Lipinski definition) is 1. The Morgan fingerprint density at radius 3 is 2.41 bits per heavy atom. The number of benzene rings is 1. The van der Waals surface area contributed by atoms with Crippen molar-refractivity contribution >= 4 is 0 Å². The molecule has 4 heteroatoms. The zero-order chi connectivity index (χ0) is 12.3. The maximum Gasteiger partial charge on any atom is 0.212 e. The van der Waals surface area contributed by atoms with Crippen LogP contribution in [0.2, 0.25) is 0 Å². The van der Waals surface area contributed by atoms with Gasteiger partial charge in [-0.2, -0.15) is 5.10 Å². The van der Waals surface area contributed by atoms with E-state index >= 15 is 0 Å². The van der Waals surface area contributed by atoms with E-state index in [1.165, 1.54) is 0 Å². The van der Waals surface area contributed by atoms with Crippen molar-refractivity contribution in [2.75, 3.05) is 0 Å². The van der Waals surface area contributed by atoms with Crippen LogP contribution in [0.4, 0.5) is 0 Å². The van der Waals surface area contributed by atoms with Gasteiger partial charge in [0, 0.05) is 19.7 Å². The van der Waals surface area contributed by atoms with Crippen molar-refractivity contribution < 1.29 is 4.74 Å². The van der Waals surface area contributed by atoms with Crippen LogP contribution in [0.15, 0.2) is 30.3 Å². The molecule has 17 heavy (non-hydrogen) atoms. The number of aromatic nitrogens is 2. The summed E-state index contributed by atoms with van der Waals surface area (Å²) in [6.45, 7) is 3.06. The molecule has 0 radical (unpaired) electrons. The summed E-state index contributed by atoms with van der Waals surface area (Å²) in [5.41, 5.74) is 8.76. The zero-order valence-corrected chi connectivity index (χ0v) is 10.2. The first-order chi connectivity index (χ1) is 8.19. The van der Waals surface area contributed by atoms with Crippen molar-refractivity contribution in [1.29, 1.82) is 0 Å². The van der Waals surface area contributed by atoms with E-state index in [2.05, 4.69) is 5.10 Å². The van der Waals surface area contributed by atoms with E-state index in [1.807, 2.05) is 44.3 Å². The molecule has 2 N–H and O–H groups in total. The van der Waals surface area contributed by atoms with Gasteiger partial charge in [-0.25, -0.2) is 4.68 Å². The minimum Gasteiger partial charge on any atom is -0.473 e. The lowest BCUT2D eigenvalue weighted by Gasteiger charge is -2.06. The second-order valence-electron chi connectivity index (χ2n) is 4.06. The van der Waals surface area contributed by atoms with Crippen molar-refractivity contribution in [2.45, 2.75) is 20.1 Å². The first-order valence-electron chi connectivity index (χ1n) is 5.60. The number of rotatable bonds is 4. The molecular weight excluding hydrogens is 214 g/mol. The third-order valence-electron chi connectivity index (χ3n) is 2.60. The van der Waals surface area contributed by atoms with Gasteiger partial charge in [0.2, 0.25) is 5.88 Å². The molecule has 0 aliphatic carbocycles. The van der Waals surface area contributed by atoms with Gasteiger partial charge in [-0.1, -0.05) is 24.3 Å². The molecular formula is C13H17N3O. The standard InChI is InChI=1S/C13H17N3O/c1-10-7-13(16(2)15-10)17-9-12-5-3-11(8-14)4-6-12/h3-7H,8-9,14H2,1-2H3. The summed E-state index contributed by atoms with van der Waals surface area (Å²) >= 11 is 0. The van der Waals surface area contributed by atoms with Gasteiger partial charge in [-0.05, 0) is 18.1 Å². The average Bonchev–Trinajstić information content (AvgIpc) is 2.66. The lowest BCUT2D eigenvalue weighted by molar-refractivity contribution is 0.279. The van der Waals surface area contributed by atoms with Crippen LogP contribution in [-0.4, -0.2) is 9.78 Å². The maximum atomic E-state index is 5.69. The molecule has 0 bridgehead atoms. The van der Waals surface area contributed by atoms with E-state index in [1.54, 1.807) is 4.68 Å². The molecule has 0 amide bonds. The topological polar surface area (TPSA) is 53.1 Å². The maximum absolute atomic E-state index is 5.69. The molecule has 0 saturated heterocycles. The molecule has 0 fully saturated rings. The van der Waals surface area contributed by atoms with Gasteiger partial charge in [0.1, 0.15) is 6.61 Å². The fourth-order valence-electron chi connectivity index (χ4n) is 1.65. The molecule has 0 aliphatic heterocycles. The van der Waals surface area contributed by atoms with Crippen LogP contribution in [0.25, 0.3) is 0 Å². The van der Waals surface area contributed by atoms with Crippen LogP contribution >= 0.6 is 0 Å². The Kier molecular flexibility index (Phi) is 3.44. The number of nitrogens with two attached hydrogens (primary N) is 1. The highest BCUT2D eigenvalue weighted by Crippen LogP contribution is 2.13. The smallest absolute Gasteiger partial charge is 0.212 e. The molecule has 2 rings (SSSR count). The molecule has 1 heterocycles. The fraction of sp³-hybridized carbons (Fsp3) is 0.308. The Balaban J connectivity index is 1.99. The van der Waals surface area contributed by atoms with E-state index in [4.69, 9.17) is 10.5 Å². The summed E-state index contributed by atoms with van der Waals surface area (Å²) in [5, 5.41) is 4.23. The van der Waals surface area contributed by atoms with Crippen molar-refractivity contribution in [1.82, 2.24) is 9.78 Å². The van der Waals surface area contributed by atoms with Gasteiger partial charge in [0.25, 0.3) is 0 Å².